The summed E-state index contributed by atoms with van der Waals surface area (Å²) in [6.07, 6.45) is 13.2. The van der Waals surface area contributed by atoms with Gasteiger partial charge in [0.2, 0.25) is 0 Å². The lowest BCUT2D eigenvalue weighted by Crippen LogP contribution is -2.30. The molecule has 0 atom stereocenters. The fourth-order valence-corrected chi connectivity index (χ4v) is 9.27. The van der Waals surface area contributed by atoms with E-state index in [0.29, 0.717) is 89.3 Å². The van der Waals surface area contributed by atoms with E-state index in [9.17, 15) is 33.6 Å². The van der Waals surface area contributed by atoms with Crippen molar-refractivity contribution < 1.29 is 71.5 Å². The summed E-state index contributed by atoms with van der Waals surface area (Å²) in [5.41, 5.74) is 2.48. The zero-order valence-corrected chi connectivity index (χ0v) is 44.5. The van der Waals surface area contributed by atoms with Crippen LogP contribution in [-0.4, -0.2) is 75.1 Å². The molecule has 15 nitrogen and oxygen atoms in total. The Bertz CT molecular complexity index is 2450. The topological polar surface area (TPSA) is 193 Å². The van der Waals surface area contributed by atoms with Gasteiger partial charge in [-0.25, -0.2) is 14.4 Å². The number of unbranched alkanes of at least 4 members (excludes halogenated alkanes) is 6. The summed E-state index contributed by atoms with van der Waals surface area (Å²) in [5.74, 6) is -2.48. The molecule has 3 aromatic carbocycles. The third-order valence-corrected chi connectivity index (χ3v) is 13.7. The van der Waals surface area contributed by atoms with Crippen LogP contribution in [0, 0.1) is 30.6 Å². The minimum absolute atomic E-state index is 0.0375. The molecule has 75 heavy (non-hydrogen) atoms. The number of hydrogen-bond acceptors (Lipinski definition) is 15. The Kier molecular flexibility index (Phi) is 23.6. The Morgan fingerprint density at radius 3 is 1.45 bits per heavy atom. The number of Topliss-reactive ketones (excluding diaryl/α,β-unsaturated/α-hetero) is 1. The van der Waals surface area contributed by atoms with E-state index in [-0.39, 0.29) is 46.6 Å². The van der Waals surface area contributed by atoms with E-state index in [4.69, 9.17) is 37.9 Å². The van der Waals surface area contributed by atoms with Crippen LogP contribution in [0.15, 0.2) is 79.9 Å². The molecule has 0 heterocycles. The smallest absolute Gasteiger partial charge is 0.341 e. The maximum absolute atomic E-state index is 13.6. The fraction of sp³-hybridized carbons (Fsp3) is 0.517. The summed E-state index contributed by atoms with van der Waals surface area (Å²) in [6, 6.07) is 15.4. The highest BCUT2D eigenvalue weighted by atomic mass is 16.6. The number of benzene rings is 3. The molecule has 0 aliphatic heterocycles. The maximum Gasteiger partial charge on any atom is 0.341 e. The SMILES string of the molecule is C=CC(=O)OCCCCCCOc1ccc(OC(=O)[C@H]2CC[C@H](C(=O)Oc3ccc(OC(=O)[C@H]4CC[C@H](C(=O)Cc5ccc(OCCCCCCOC(=O)C=C)c(C(C)(C)C)c5)CC4)cc3C(=O)OC)CC2)cc1C. The number of aryl methyl sites for hydroxylation is 1. The number of ketones is 1. The van der Waals surface area contributed by atoms with E-state index in [1.54, 1.807) is 18.2 Å². The summed E-state index contributed by atoms with van der Waals surface area (Å²) in [5, 5.41) is 0. The van der Waals surface area contributed by atoms with E-state index in [0.717, 1.165) is 86.0 Å². The van der Waals surface area contributed by atoms with Crippen LogP contribution in [0.3, 0.4) is 0 Å². The van der Waals surface area contributed by atoms with Gasteiger partial charge in [-0.15, -0.1) is 0 Å². The first-order valence-corrected chi connectivity index (χ1v) is 26.5. The van der Waals surface area contributed by atoms with Crippen molar-refractivity contribution in [2.45, 2.75) is 142 Å². The van der Waals surface area contributed by atoms with Crippen LogP contribution >= 0.6 is 0 Å². The number of ether oxygens (including phenoxy) is 8. The van der Waals surface area contributed by atoms with Gasteiger partial charge in [0.05, 0.1) is 51.3 Å². The number of methoxy groups -OCH3 is 1. The Labute approximate surface area is 442 Å². The number of rotatable bonds is 28. The predicted octanol–water partition coefficient (Wildman–Crippen LogP) is 11.3. The second-order valence-electron chi connectivity index (χ2n) is 20.4. The second kappa shape index (κ2) is 29.9. The van der Waals surface area contributed by atoms with Crippen LogP contribution < -0.4 is 23.7 Å². The lowest BCUT2D eigenvalue weighted by atomic mass is 9.78. The monoisotopic (exact) mass is 1040 g/mol. The molecule has 5 rings (SSSR count). The minimum atomic E-state index is -0.779. The first-order valence-electron chi connectivity index (χ1n) is 26.5. The van der Waals surface area contributed by atoms with E-state index in [1.165, 1.54) is 25.3 Å². The molecule has 0 amide bonds. The van der Waals surface area contributed by atoms with Crippen LogP contribution in [0.4, 0.5) is 0 Å². The van der Waals surface area contributed by atoms with E-state index < -0.39 is 47.6 Å². The molecule has 2 aliphatic carbocycles. The molecular formula is C60H76O15. The first-order chi connectivity index (χ1) is 36.0. The highest BCUT2D eigenvalue weighted by Crippen LogP contribution is 2.37. The van der Waals surface area contributed by atoms with Crippen LogP contribution in [0.25, 0.3) is 0 Å². The predicted molar refractivity (Wildman–Crippen MR) is 281 cm³/mol. The fourth-order valence-electron chi connectivity index (χ4n) is 9.27. The number of hydrogen-bond donors (Lipinski definition) is 0. The standard InChI is InChI=1S/C60H76O15/c1-8-54(62)71-34-16-12-10-14-32-69-51-30-27-46(36-40(51)3)73-56(64)44-23-25-45(26-24-44)58(66)75-52-31-28-47(39-48(52)59(67)68-7)74-57(65)43-21-19-42(20-22-43)50(61)38-41-18-29-53(49(37-41)60(4,5)6)70-33-15-11-13-17-35-72-55(63)9-2/h8-9,18,27-31,36-37,39,42-45H,1-2,10-17,19-26,32-35,38H2,3-7H3/t42-,43-,44-,45-. The van der Waals surface area contributed by atoms with Crippen LogP contribution in [0.5, 0.6) is 28.7 Å². The van der Waals surface area contributed by atoms with Crippen molar-refractivity contribution in [1.29, 1.82) is 0 Å². The van der Waals surface area contributed by atoms with Gasteiger partial charge in [0, 0.05) is 24.5 Å². The molecule has 0 spiro atoms. The molecule has 0 bridgehead atoms. The van der Waals surface area contributed by atoms with Crippen LogP contribution in [0.2, 0.25) is 0 Å². The average Bonchev–Trinajstić information content (AvgIpc) is 3.40. The molecule has 0 saturated heterocycles. The van der Waals surface area contributed by atoms with Crippen LogP contribution in [0.1, 0.15) is 151 Å². The average molecular weight is 1040 g/mol. The third kappa shape index (κ3) is 19.1. The third-order valence-electron chi connectivity index (χ3n) is 13.7. The Morgan fingerprint density at radius 1 is 0.533 bits per heavy atom. The van der Waals surface area contributed by atoms with Crippen molar-refractivity contribution >= 4 is 41.6 Å². The van der Waals surface area contributed by atoms with E-state index in [2.05, 4.69) is 40.0 Å². The molecule has 0 N–H and O–H groups in total. The van der Waals surface area contributed by atoms with Crippen molar-refractivity contribution in [3.63, 3.8) is 0 Å². The zero-order chi connectivity index (χ0) is 54.3. The molecule has 0 unspecified atom stereocenters. The van der Waals surface area contributed by atoms with Gasteiger partial charge in [-0.2, -0.15) is 0 Å². The lowest BCUT2D eigenvalue weighted by molar-refractivity contribution is -0.145. The molecule has 2 aliphatic rings. The van der Waals surface area contributed by atoms with E-state index >= 15 is 0 Å². The molecule has 15 heteroatoms. The summed E-state index contributed by atoms with van der Waals surface area (Å²) in [6.45, 7) is 16.8. The second-order valence-corrected chi connectivity index (χ2v) is 20.4. The summed E-state index contributed by atoms with van der Waals surface area (Å²) < 4.78 is 44.3. The quantitative estimate of drug-likeness (QED) is 0.0219. The Hall–Kier alpha value is -6.77. The molecule has 0 radical (unpaired) electrons. The summed E-state index contributed by atoms with van der Waals surface area (Å²) in [7, 11) is 1.20. The minimum Gasteiger partial charge on any atom is -0.493 e. The Balaban J connectivity index is 1.03. The summed E-state index contributed by atoms with van der Waals surface area (Å²) >= 11 is 0. The molecule has 3 aromatic rings. The van der Waals surface area contributed by atoms with Crippen molar-refractivity contribution in [1.82, 2.24) is 0 Å². The van der Waals surface area contributed by atoms with Crippen molar-refractivity contribution in [3.8, 4) is 28.7 Å². The van der Waals surface area contributed by atoms with Gasteiger partial charge < -0.3 is 37.9 Å². The number of carbonyl (C=O) groups excluding carboxylic acids is 7. The summed E-state index contributed by atoms with van der Waals surface area (Å²) in [4.78, 5) is 88.8. The van der Waals surface area contributed by atoms with Gasteiger partial charge in [0.1, 0.15) is 40.1 Å². The van der Waals surface area contributed by atoms with Crippen molar-refractivity contribution in [2.75, 3.05) is 33.5 Å². The van der Waals surface area contributed by atoms with Gasteiger partial charge in [-0.05, 0) is 174 Å². The molecular weight excluding hydrogens is 961 g/mol. The molecule has 2 saturated carbocycles. The van der Waals surface area contributed by atoms with E-state index in [1.807, 2.05) is 19.1 Å². The largest absolute Gasteiger partial charge is 0.493 e. The molecule has 0 aromatic heterocycles. The number of esters is 6. The highest BCUT2D eigenvalue weighted by Gasteiger charge is 2.34. The zero-order valence-electron chi connectivity index (χ0n) is 44.5. The first kappa shape index (κ1) is 59.1. The van der Waals surface area contributed by atoms with Gasteiger partial charge >= 0.3 is 35.8 Å². The van der Waals surface area contributed by atoms with Gasteiger partial charge in [-0.1, -0.05) is 46.1 Å². The van der Waals surface area contributed by atoms with Crippen molar-refractivity contribution in [2.24, 2.45) is 23.7 Å². The normalized spacial score (nSPS) is 17.3. The molecule has 2 fully saturated rings. The lowest BCUT2D eigenvalue weighted by Gasteiger charge is -2.27. The highest BCUT2D eigenvalue weighted by molar-refractivity contribution is 5.94. The maximum atomic E-state index is 13.6. The van der Waals surface area contributed by atoms with Gasteiger partial charge in [0.25, 0.3) is 0 Å². The Morgan fingerprint density at radius 2 is 0.973 bits per heavy atom. The van der Waals surface area contributed by atoms with Crippen LogP contribution in [-0.2, 0) is 54.8 Å². The van der Waals surface area contributed by atoms with Gasteiger partial charge in [0.15, 0.2) is 0 Å². The van der Waals surface area contributed by atoms with Gasteiger partial charge in [-0.3, -0.25) is 19.2 Å². The number of carbonyl (C=O) groups is 7. The van der Waals surface area contributed by atoms with Crippen molar-refractivity contribution in [3.05, 3.63) is 102 Å². The molecule has 406 valence electrons.